The summed E-state index contributed by atoms with van der Waals surface area (Å²) in [7, 11) is 0. The minimum Gasteiger partial charge on any atom is -0.367 e. The van der Waals surface area contributed by atoms with Crippen LogP contribution in [0.4, 0.5) is 5.82 Å². The smallest absolute Gasteiger partial charge is 0.134 e. The Bertz CT molecular complexity index is 553. The number of rotatable bonds is 3. The molecule has 1 fully saturated rings. The largest absolute Gasteiger partial charge is 0.367 e. The highest BCUT2D eigenvalue weighted by atomic mass is 79.9. The molecule has 1 aliphatic carbocycles. The van der Waals surface area contributed by atoms with Crippen molar-refractivity contribution in [1.29, 1.82) is 0 Å². The lowest BCUT2D eigenvalue weighted by atomic mass is 10.1. The minimum atomic E-state index is 0.622. The first-order chi connectivity index (χ1) is 8.29. The van der Waals surface area contributed by atoms with Gasteiger partial charge >= 0.3 is 0 Å². The summed E-state index contributed by atoms with van der Waals surface area (Å²) in [5.41, 5.74) is 0. The molecule has 0 saturated heterocycles. The van der Waals surface area contributed by atoms with Crippen LogP contribution in [0.5, 0.6) is 0 Å². The van der Waals surface area contributed by atoms with Gasteiger partial charge in [0.05, 0.1) is 0 Å². The van der Waals surface area contributed by atoms with Crippen LogP contribution in [0.1, 0.15) is 19.8 Å². The molecule has 2 unspecified atom stereocenters. The number of fused-ring (bicyclic) bond motifs is 1. The maximum Gasteiger partial charge on any atom is 0.134 e. The first kappa shape index (κ1) is 11.0. The van der Waals surface area contributed by atoms with E-state index in [1.165, 1.54) is 23.6 Å². The Labute approximate surface area is 110 Å². The first-order valence-electron chi connectivity index (χ1n) is 6.09. The van der Waals surface area contributed by atoms with Crippen LogP contribution in [-0.4, -0.2) is 11.0 Å². The monoisotopic (exact) mass is 290 g/mol. The fourth-order valence-electron chi connectivity index (χ4n) is 2.33. The Hall–Kier alpha value is -1.09. The van der Waals surface area contributed by atoms with Crippen LogP contribution in [0.25, 0.3) is 10.8 Å². The molecule has 0 bridgehead atoms. The van der Waals surface area contributed by atoms with Gasteiger partial charge in [-0.2, -0.15) is 0 Å². The van der Waals surface area contributed by atoms with Gasteiger partial charge in [-0.15, -0.1) is 0 Å². The van der Waals surface area contributed by atoms with E-state index in [9.17, 15) is 0 Å². The highest BCUT2D eigenvalue weighted by Crippen LogP contribution is 2.37. The quantitative estimate of drug-likeness (QED) is 0.916. The molecule has 1 saturated carbocycles. The second-order valence-corrected chi connectivity index (χ2v) is 5.50. The molecule has 1 N–H and O–H groups in total. The lowest BCUT2D eigenvalue weighted by molar-refractivity contribution is 0.774. The summed E-state index contributed by atoms with van der Waals surface area (Å²) in [6.07, 6.45) is 4.41. The molecular weight excluding hydrogens is 276 g/mol. The van der Waals surface area contributed by atoms with Gasteiger partial charge in [-0.1, -0.05) is 41.4 Å². The molecule has 0 radical (unpaired) electrons. The molecule has 2 nitrogen and oxygen atoms in total. The number of pyridine rings is 1. The van der Waals surface area contributed by atoms with Crippen molar-refractivity contribution in [2.24, 2.45) is 5.92 Å². The number of hydrogen-bond donors (Lipinski definition) is 1. The number of nitrogens with zero attached hydrogens (tertiary/aromatic N) is 1. The molecule has 1 aromatic carbocycles. The third-order valence-corrected chi connectivity index (χ3v) is 4.21. The van der Waals surface area contributed by atoms with Crippen molar-refractivity contribution in [3.05, 3.63) is 34.9 Å². The Morgan fingerprint density at radius 2 is 2.24 bits per heavy atom. The molecule has 1 aliphatic rings. The SMILES string of the molecule is CCC1CC1Nc1nccc2c(Br)cccc12. The van der Waals surface area contributed by atoms with Gasteiger partial charge in [0, 0.05) is 27.5 Å². The van der Waals surface area contributed by atoms with Gasteiger partial charge in [0.1, 0.15) is 5.82 Å². The molecule has 1 heterocycles. The lowest BCUT2D eigenvalue weighted by Gasteiger charge is -2.09. The predicted octanol–water partition coefficient (Wildman–Crippen LogP) is 4.21. The standard InChI is InChI=1S/C14H15BrN2/c1-2-9-8-13(9)17-14-11-4-3-5-12(15)10(11)6-7-16-14/h3-7,9,13H,2,8H2,1H3,(H,16,17). The van der Waals surface area contributed by atoms with Crippen LogP contribution in [0, 0.1) is 5.92 Å². The summed E-state index contributed by atoms with van der Waals surface area (Å²) in [5.74, 6) is 1.85. The van der Waals surface area contributed by atoms with E-state index in [2.05, 4.69) is 57.4 Å². The zero-order valence-corrected chi connectivity index (χ0v) is 11.4. The van der Waals surface area contributed by atoms with Crippen molar-refractivity contribution in [1.82, 2.24) is 4.98 Å². The predicted molar refractivity (Wildman–Crippen MR) is 75.3 cm³/mol. The Morgan fingerprint density at radius 3 is 3.00 bits per heavy atom. The zero-order chi connectivity index (χ0) is 11.8. The van der Waals surface area contributed by atoms with Crippen molar-refractivity contribution < 1.29 is 0 Å². The molecule has 3 heteroatoms. The highest BCUT2D eigenvalue weighted by Gasteiger charge is 2.35. The molecule has 2 aromatic rings. The average molecular weight is 291 g/mol. The topological polar surface area (TPSA) is 24.9 Å². The van der Waals surface area contributed by atoms with Crippen molar-refractivity contribution in [3.8, 4) is 0 Å². The van der Waals surface area contributed by atoms with E-state index in [1.807, 2.05) is 6.20 Å². The summed E-state index contributed by atoms with van der Waals surface area (Å²) < 4.78 is 1.13. The lowest BCUT2D eigenvalue weighted by Crippen LogP contribution is -2.06. The van der Waals surface area contributed by atoms with E-state index in [4.69, 9.17) is 0 Å². The second kappa shape index (κ2) is 4.30. The summed E-state index contributed by atoms with van der Waals surface area (Å²) in [6.45, 7) is 2.25. The Balaban J connectivity index is 1.97. The minimum absolute atomic E-state index is 0.622. The molecule has 88 valence electrons. The van der Waals surface area contributed by atoms with Crippen molar-refractivity contribution in [3.63, 3.8) is 0 Å². The maximum absolute atomic E-state index is 4.46. The van der Waals surface area contributed by atoms with Crippen LogP contribution < -0.4 is 5.32 Å². The number of aromatic nitrogens is 1. The van der Waals surface area contributed by atoms with E-state index in [1.54, 1.807) is 0 Å². The summed E-state index contributed by atoms with van der Waals surface area (Å²) >= 11 is 3.58. The molecule has 17 heavy (non-hydrogen) atoms. The summed E-state index contributed by atoms with van der Waals surface area (Å²) in [4.78, 5) is 4.46. The van der Waals surface area contributed by atoms with Gasteiger partial charge in [0.25, 0.3) is 0 Å². The third-order valence-electron chi connectivity index (χ3n) is 3.52. The van der Waals surface area contributed by atoms with Crippen LogP contribution in [0.15, 0.2) is 34.9 Å². The summed E-state index contributed by atoms with van der Waals surface area (Å²) in [5, 5.41) is 5.97. The number of nitrogens with one attached hydrogen (secondary N) is 1. The molecular formula is C14H15BrN2. The third kappa shape index (κ3) is 2.04. The van der Waals surface area contributed by atoms with Gasteiger partial charge in [-0.3, -0.25) is 0 Å². The van der Waals surface area contributed by atoms with Crippen molar-refractivity contribution in [2.45, 2.75) is 25.8 Å². The van der Waals surface area contributed by atoms with Gasteiger partial charge < -0.3 is 5.32 Å². The van der Waals surface area contributed by atoms with Crippen LogP contribution >= 0.6 is 15.9 Å². The highest BCUT2D eigenvalue weighted by molar-refractivity contribution is 9.10. The van der Waals surface area contributed by atoms with E-state index < -0.39 is 0 Å². The van der Waals surface area contributed by atoms with Gasteiger partial charge in [-0.25, -0.2) is 4.98 Å². The van der Waals surface area contributed by atoms with E-state index in [0.717, 1.165) is 16.2 Å². The van der Waals surface area contributed by atoms with Gasteiger partial charge in [0.2, 0.25) is 0 Å². The van der Waals surface area contributed by atoms with E-state index in [0.29, 0.717) is 6.04 Å². The molecule has 1 aromatic heterocycles. The van der Waals surface area contributed by atoms with Crippen molar-refractivity contribution >= 4 is 32.5 Å². The zero-order valence-electron chi connectivity index (χ0n) is 9.78. The van der Waals surface area contributed by atoms with Crippen LogP contribution in [-0.2, 0) is 0 Å². The Morgan fingerprint density at radius 1 is 1.35 bits per heavy atom. The summed E-state index contributed by atoms with van der Waals surface area (Å²) in [6, 6.07) is 8.92. The number of halogens is 1. The number of anilines is 1. The first-order valence-corrected chi connectivity index (χ1v) is 6.88. The van der Waals surface area contributed by atoms with E-state index in [-0.39, 0.29) is 0 Å². The van der Waals surface area contributed by atoms with Crippen LogP contribution in [0.3, 0.4) is 0 Å². The normalized spacial score (nSPS) is 22.7. The fourth-order valence-corrected chi connectivity index (χ4v) is 2.83. The van der Waals surface area contributed by atoms with Crippen LogP contribution in [0.2, 0.25) is 0 Å². The molecule has 0 amide bonds. The fraction of sp³-hybridized carbons (Fsp3) is 0.357. The van der Waals surface area contributed by atoms with Crippen molar-refractivity contribution in [2.75, 3.05) is 5.32 Å². The number of hydrogen-bond acceptors (Lipinski definition) is 2. The molecule has 3 rings (SSSR count). The van der Waals surface area contributed by atoms with E-state index >= 15 is 0 Å². The molecule has 0 spiro atoms. The second-order valence-electron chi connectivity index (χ2n) is 4.65. The Kier molecular flexibility index (Phi) is 2.79. The van der Waals surface area contributed by atoms with Gasteiger partial charge in [0.15, 0.2) is 0 Å². The maximum atomic E-state index is 4.46. The molecule has 0 aliphatic heterocycles. The molecule has 2 atom stereocenters. The number of benzene rings is 1. The van der Waals surface area contributed by atoms with Gasteiger partial charge in [-0.05, 0) is 24.5 Å². The average Bonchev–Trinajstić information content (AvgIpc) is 3.09.